The average molecular weight is 316 g/mol. The lowest BCUT2D eigenvalue weighted by Gasteiger charge is -2.10. The molecule has 0 aliphatic rings. The maximum absolute atomic E-state index is 9.78. The molecule has 114 valence electrons. The number of methoxy groups -OCH3 is 1. The van der Waals surface area contributed by atoms with E-state index in [-0.39, 0.29) is 6.61 Å². The van der Waals surface area contributed by atoms with E-state index in [4.69, 9.17) is 16.3 Å². The Labute approximate surface area is 134 Å². The summed E-state index contributed by atoms with van der Waals surface area (Å²) in [4.78, 5) is 0. The summed E-state index contributed by atoms with van der Waals surface area (Å²) in [5.74, 6) is 0.823. The second-order valence-corrected chi connectivity index (χ2v) is 5.76. The smallest absolute Gasteiger partial charge is 0.119 e. The van der Waals surface area contributed by atoms with Crippen molar-refractivity contribution >= 4 is 22.5 Å². The van der Waals surface area contributed by atoms with E-state index in [9.17, 15) is 5.11 Å². The average Bonchev–Trinajstić information content (AvgIpc) is 2.81. The van der Waals surface area contributed by atoms with Gasteiger partial charge in [0.2, 0.25) is 0 Å². The molecule has 0 atom stereocenters. The monoisotopic (exact) mass is 315 g/mol. The van der Waals surface area contributed by atoms with Gasteiger partial charge in [-0.05, 0) is 48.4 Å². The van der Waals surface area contributed by atoms with Crippen molar-refractivity contribution < 1.29 is 9.84 Å². The Kier molecular flexibility index (Phi) is 4.10. The van der Waals surface area contributed by atoms with E-state index in [2.05, 4.69) is 4.57 Å². The number of aliphatic hydroxyl groups excluding tert-OH is 1. The molecule has 0 bridgehead atoms. The quantitative estimate of drug-likeness (QED) is 0.784. The number of aromatic nitrogens is 1. The molecular weight excluding hydrogens is 298 g/mol. The van der Waals surface area contributed by atoms with E-state index in [0.29, 0.717) is 6.54 Å². The van der Waals surface area contributed by atoms with Gasteiger partial charge in [-0.2, -0.15) is 0 Å². The van der Waals surface area contributed by atoms with E-state index in [1.54, 1.807) is 7.11 Å². The molecule has 0 fully saturated rings. The highest BCUT2D eigenvalue weighted by atomic mass is 35.5. The standard InChI is InChI=1S/C18H18ClNO2/c1-12-16-9-15(22-2)7-8-17(16)20(18(12)11-21)10-13-3-5-14(19)6-4-13/h3-9,21H,10-11H2,1-2H3. The van der Waals surface area contributed by atoms with E-state index in [0.717, 1.165) is 38.5 Å². The number of nitrogens with zero attached hydrogens (tertiary/aromatic N) is 1. The number of halogens is 1. The minimum absolute atomic E-state index is 0.0103. The fourth-order valence-corrected chi connectivity index (χ4v) is 2.96. The molecule has 3 aromatic rings. The highest BCUT2D eigenvalue weighted by Gasteiger charge is 2.14. The van der Waals surface area contributed by atoms with Crippen molar-refractivity contribution in [1.82, 2.24) is 4.57 Å². The first-order valence-corrected chi connectivity index (χ1v) is 7.53. The summed E-state index contributed by atoms with van der Waals surface area (Å²) in [6, 6.07) is 13.8. The van der Waals surface area contributed by atoms with Gasteiger partial charge >= 0.3 is 0 Å². The zero-order chi connectivity index (χ0) is 15.7. The van der Waals surface area contributed by atoms with Gasteiger partial charge in [0.05, 0.1) is 13.7 Å². The number of ether oxygens (including phenoxy) is 1. The number of benzene rings is 2. The Hall–Kier alpha value is -1.97. The van der Waals surface area contributed by atoms with Crippen LogP contribution in [0.25, 0.3) is 10.9 Å². The zero-order valence-electron chi connectivity index (χ0n) is 12.6. The largest absolute Gasteiger partial charge is 0.497 e. The van der Waals surface area contributed by atoms with Crippen LogP contribution in [0.2, 0.25) is 5.02 Å². The van der Waals surface area contributed by atoms with Crippen LogP contribution >= 0.6 is 11.6 Å². The van der Waals surface area contributed by atoms with E-state index < -0.39 is 0 Å². The van der Waals surface area contributed by atoms with Crippen molar-refractivity contribution in [3.8, 4) is 5.75 Å². The zero-order valence-corrected chi connectivity index (χ0v) is 13.4. The second kappa shape index (κ2) is 6.03. The van der Waals surface area contributed by atoms with Gasteiger partial charge in [0, 0.05) is 28.2 Å². The van der Waals surface area contributed by atoms with Crippen molar-refractivity contribution in [2.75, 3.05) is 7.11 Å². The summed E-state index contributed by atoms with van der Waals surface area (Å²) in [5, 5.41) is 11.6. The summed E-state index contributed by atoms with van der Waals surface area (Å²) in [6.07, 6.45) is 0. The van der Waals surface area contributed by atoms with Crippen molar-refractivity contribution in [1.29, 1.82) is 0 Å². The molecular formula is C18H18ClNO2. The molecule has 2 aromatic carbocycles. The lowest BCUT2D eigenvalue weighted by Crippen LogP contribution is -2.05. The molecule has 0 unspecified atom stereocenters. The minimum atomic E-state index is 0.0103. The minimum Gasteiger partial charge on any atom is -0.497 e. The maximum Gasteiger partial charge on any atom is 0.119 e. The molecule has 0 saturated carbocycles. The molecule has 3 rings (SSSR count). The van der Waals surface area contributed by atoms with Crippen LogP contribution in [0.1, 0.15) is 16.8 Å². The molecule has 1 aromatic heterocycles. The van der Waals surface area contributed by atoms with Crippen LogP contribution in [0.4, 0.5) is 0 Å². The summed E-state index contributed by atoms with van der Waals surface area (Å²) >= 11 is 5.95. The molecule has 0 radical (unpaired) electrons. The number of hydrogen-bond donors (Lipinski definition) is 1. The van der Waals surface area contributed by atoms with Crippen LogP contribution in [-0.2, 0) is 13.2 Å². The molecule has 3 nitrogen and oxygen atoms in total. The van der Waals surface area contributed by atoms with Crippen molar-refractivity contribution in [3.63, 3.8) is 0 Å². The third-order valence-electron chi connectivity index (χ3n) is 4.06. The highest BCUT2D eigenvalue weighted by molar-refractivity contribution is 6.30. The van der Waals surface area contributed by atoms with Gasteiger partial charge < -0.3 is 14.4 Å². The lowest BCUT2D eigenvalue weighted by atomic mass is 10.1. The van der Waals surface area contributed by atoms with Gasteiger partial charge in [-0.25, -0.2) is 0 Å². The van der Waals surface area contributed by atoms with Crippen molar-refractivity contribution in [2.45, 2.75) is 20.1 Å². The van der Waals surface area contributed by atoms with Crippen molar-refractivity contribution in [2.24, 2.45) is 0 Å². The summed E-state index contributed by atoms with van der Waals surface area (Å²) in [6.45, 7) is 2.74. The van der Waals surface area contributed by atoms with Gasteiger partial charge in [0.15, 0.2) is 0 Å². The molecule has 22 heavy (non-hydrogen) atoms. The Morgan fingerprint density at radius 2 is 1.86 bits per heavy atom. The molecule has 0 aliphatic heterocycles. The fraction of sp³-hybridized carbons (Fsp3) is 0.222. The van der Waals surface area contributed by atoms with E-state index >= 15 is 0 Å². The fourth-order valence-electron chi connectivity index (χ4n) is 2.84. The maximum atomic E-state index is 9.78. The molecule has 0 saturated heterocycles. The van der Waals surface area contributed by atoms with Gasteiger partial charge in [-0.15, -0.1) is 0 Å². The number of aryl methyl sites for hydroxylation is 1. The van der Waals surface area contributed by atoms with Crippen LogP contribution in [0.5, 0.6) is 5.75 Å². The molecule has 0 aliphatic carbocycles. The highest BCUT2D eigenvalue weighted by Crippen LogP contribution is 2.30. The SMILES string of the molecule is COc1ccc2c(c1)c(C)c(CO)n2Cc1ccc(Cl)cc1. The third kappa shape index (κ3) is 2.58. The summed E-state index contributed by atoms with van der Waals surface area (Å²) < 4.78 is 7.45. The van der Waals surface area contributed by atoms with Crippen LogP contribution in [-0.4, -0.2) is 16.8 Å². The number of aliphatic hydroxyl groups is 1. The third-order valence-corrected chi connectivity index (χ3v) is 4.31. The first-order chi connectivity index (χ1) is 10.6. The predicted octanol–water partition coefficient (Wildman–Crippen LogP) is 4.15. The number of rotatable bonds is 4. The number of hydrogen-bond acceptors (Lipinski definition) is 2. The molecule has 4 heteroatoms. The molecule has 1 heterocycles. The molecule has 1 N–H and O–H groups in total. The van der Waals surface area contributed by atoms with Gasteiger partial charge in [0.1, 0.15) is 5.75 Å². The molecule has 0 amide bonds. The predicted molar refractivity (Wildman–Crippen MR) is 89.7 cm³/mol. The Morgan fingerprint density at radius 1 is 1.14 bits per heavy atom. The van der Waals surface area contributed by atoms with Crippen LogP contribution in [0, 0.1) is 6.92 Å². The van der Waals surface area contributed by atoms with Gasteiger partial charge in [-0.1, -0.05) is 23.7 Å². The van der Waals surface area contributed by atoms with E-state index in [1.165, 1.54) is 0 Å². The van der Waals surface area contributed by atoms with Crippen molar-refractivity contribution in [3.05, 3.63) is 64.3 Å². The number of fused-ring (bicyclic) bond motifs is 1. The second-order valence-electron chi connectivity index (χ2n) is 5.33. The van der Waals surface area contributed by atoms with E-state index in [1.807, 2.05) is 49.4 Å². The van der Waals surface area contributed by atoms with Crippen LogP contribution in [0.15, 0.2) is 42.5 Å². The molecule has 0 spiro atoms. The topological polar surface area (TPSA) is 34.4 Å². The van der Waals surface area contributed by atoms with Crippen LogP contribution < -0.4 is 4.74 Å². The Morgan fingerprint density at radius 3 is 2.50 bits per heavy atom. The summed E-state index contributed by atoms with van der Waals surface area (Å²) in [5.41, 5.74) is 4.26. The lowest BCUT2D eigenvalue weighted by molar-refractivity contribution is 0.271. The Bertz CT molecular complexity index is 806. The first kappa shape index (κ1) is 14.9. The Balaban J connectivity index is 2.13. The first-order valence-electron chi connectivity index (χ1n) is 7.15. The summed E-state index contributed by atoms with van der Waals surface area (Å²) in [7, 11) is 1.66. The normalized spacial score (nSPS) is 11.1. The van der Waals surface area contributed by atoms with Gasteiger partial charge in [0.25, 0.3) is 0 Å². The van der Waals surface area contributed by atoms with Gasteiger partial charge in [-0.3, -0.25) is 0 Å². The van der Waals surface area contributed by atoms with Crippen LogP contribution in [0.3, 0.4) is 0 Å².